The summed E-state index contributed by atoms with van der Waals surface area (Å²) in [7, 11) is -3.44. The predicted octanol–water partition coefficient (Wildman–Crippen LogP) is 1.91. The average molecular weight is 344 g/mol. The first-order valence-electron chi connectivity index (χ1n) is 7.24. The van der Waals surface area contributed by atoms with Gasteiger partial charge in [-0.2, -0.15) is 4.31 Å². The first kappa shape index (κ1) is 17.2. The Kier molecular flexibility index (Phi) is 5.82. The van der Waals surface area contributed by atoms with Gasteiger partial charge < -0.3 is 4.74 Å². The van der Waals surface area contributed by atoms with Crippen molar-refractivity contribution in [3.05, 3.63) is 18.3 Å². The summed E-state index contributed by atoms with van der Waals surface area (Å²) in [5.41, 5.74) is 0. The first-order valence-corrected chi connectivity index (χ1v) is 9.56. The largest absolute Gasteiger partial charge is 0.465 e. The molecule has 1 fully saturated rings. The summed E-state index contributed by atoms with van der Waals surface area (Å²) in [6.45, 7) is 4.96. The highest BCUT2D eigenvalue weighted by Gasteiger charge is 2.27. The Morgan fingerprint density at radius 1 is 1.41 bits per heavy atom. The lowest BCUT2D eigenvalue weighted by molar-refractivity contribution is -0.142. The quantitative estimate of drug-likeness (QED) is 0.579. The maximum Gasteiger partial charge on any atom is 0.319 e. The maximum atomic E-state index is 12.4. The third-order valence-corrected chi connectivity index (χ3v) is 6.24. The Balaban J connectivity index is 2.05. The van der Waals surface area contributed by atoms with Crippen LogP contribution in [0.25, 0.3) is 0 Å². The molecule has 0 aliphatic carbocycles. The molecule has 122 valence electrons. The molecular formula is C14H20N2O4S2. The van der Waals surface area contributed by atoms with Gasteiger partial charge in [0.15, 0.2) is 0 Å². The molecule has 1 aliphatic rings. The number of carbonyl (C=O) groups excluding carboxylic acids is 1. The van der Waals surface area contributed by atoms with Gasteiger partial charge in [-0.15, -0.1) is 0 Å². The third kappa shape index (κ3) is 3.99. The summed E-state index contributed by atoms with van der Waals surface area (Å²) < 4.78 is 31.1. The van der Waals surface area contributed by atoms with Gasteiger partial charge in [-0.1, -0.05) is 11.8 Å². The number of hydrogen-bond acceptors (Lipinski definition) is 6. The van der Waals surface area contributed by atoms with Crippen LogP contribution in [0.3, 0.4) is 0 Å². The van der Waals surface area contributed by atoms with Gasteiger partial charge in [0, 0.05) is 19.3 Å². The molecule has 1 atom stereocenters. The van der Waals surface area contributed by atoms with Gasteiger partial charge in [0.25, 0.3) is 0 Å². The van der Waals surface area contributed by atoms with Crippen molar-refractivity contribution in [1.82, 2.24) is 9.29 Å². The highest BCUT2D eigenvalue weighted by Crippen LogP contribution is 2.25. The Hall–Kier alpha value is -1.12. The van der Waals surface area contributed by atoms with Crippen molar-refractivity contribution in [2.45, 2.75) is 41.9 Å². The van der Waals surface area contributed by atoms with Gasteiger partial charge in [-0.3, -0.25) is 4.79 Å². The number of thioether (sulfide) groups is 1. The van der Waals surface area contributed by atoms with Crippen LogP contribution in [0.15, 0.2) is 28.3 Å². The number of esters is 1. The zero-order valence-electron chi connectivity index (χ0n) is 12.7. The summed E-state index contributed by atoms with van der Waals surface area (Å²) in [4.78, 5) is 15.9. The molecule has 0 aromatic carbocycles. The number of ether oxygens (including phenoxy) is 1. The summed E-state index contributed by atoms with van der Waals surface area (Å²) in [6, 6.07) is 3.17. The molecule has 1 aromatic heterocycles. The van der Waals surface area contributed by atoms with E-state index in [2.05, 4.69) is 4.98 Å². The Morgan fingerprint density at radius 3 is 2.64 bits per heavy atom. The number of hydrogen-bond donors (Lipinski definition) is 0. The minimum Gasteiger partial charge on any atom is -0.465 e. The predicted molar refractivity (Wildman–Crippen MR) is 84.2 cm³/mol. The zero-order chi connectivity index (χ0) is 16.2. The fraction of sp³-hybridized carbons (Fsp3) is 0.571. The van der Waals surface area contributed by atoms with Crippen LogP contribution < -0.4 is 0 Å². The minimum atomic E-state index is -3.44. The fourth-order valence-electron chi connectivity index (χ4n) is 2.16. The van der Waals surface area contributed by atoms with Crippen molar-refractivity contribution in [2.75, 3.05) is 19.7 Å². The molecule has 0 saturated carbocycles. The second-order valence-corrected chi connectivity index (χ2v) is 8.25. The molecule has 8 heteroatoms. The van der Waals surface area contributed by atoms with Crippen LogP contribution >= 0.6 is 11.8 Å². The van der Waals surface area contributed by atoms with Crippen molar-refractivity contribution in [3.8, 4) is 0 Å². The van der Waals surface area contributed by atoms with Crippen LogP contribution in [-0.4, -0.2) is 48.6 Å². The van der Waals surface area contributed by atoms with Gasteiger partial charge in [-0.25, -0.2) is 13.4 Å². The van der Waals surface area contributed by atoms with E-state index in [9.17, 15) is 13.2 Å². The molecule has 2 rings (SSSR count). The second kappa shape index (κ2) is 7.43. The van der Waals surface area contributed by atoms with Crippen LogP contribution in [0.4, 0.5) is 0 Å². The number of nitrogens with zero attached hydrogens (tertiary/aromatic N) is 2. The molecule has 0 N–H and O–H groups in total. The smallest absolute Gasteiger partial charge is 0.319 e. The number of aromatic nitrogens is 1. The van der Waals surface area contributed by atoms with E-state index < -0.39 is 10.0 Å². The van der Waals surface area contributed by atoms with E-state index in [4.69, 9.17) is 4.74 Å². The van der Waals surface area contributed by atoms with Crippen molar-refractivity contribution in [2.24, 2.45) is 0 Å². The highest BCUT2D eigenvalue weighted by atomic mass is 32.2. The summed E-state index contributed by atoms with van der Waals surface area (Å²) >= 11 is 1.25. The summed E-state index contributed by atoms with van der Waals surface area (Å²) in [6.07, 6.45) is 3.16. The summed E-state index contributed by atoms with van der Waals surface area (Å²) in [5, 5.41) is 0.217. The Labute approximate surface area is 135 Å². The Bertz CT molecular complexity index is 610. The molecular weight excluding hydrogens is 324 g/mol. The van der Waals surface area contributed by atoms with E-state index in [1.165, 1.54) is 22.3 Å². The first-order chi connectivity index (χ1) is 10.4. The van der Waals surface area contributed by atoms with Gasteiger partial charge >= 0.3 is 5.97 Å². The molecule has 1 aliphatic heterocycles. The van der Waals surface area contributed by atoms with Crippen LogP contribution in [0.2, 0.25) is 0 Å². The number of sulfonamides is 1. The van der Waals surface area contributed by atoms with Crippen molar-refractivity contribution < 1.29 is 17.9 Å². The third-order valence-electron chi connectivity index (χ3n) is 3.33. The Morgan fingerprint density at radius 2 is 2.09 bits per heavy atom. The SMILES string of the molecule is CCOC(=O)[C@H](C)Sc1ccc(S(=O)(=O)N2CCCC2)cn1. The van der Waals surface area contributed by atoms with Gasteiger partial charge in [0.1, 0.15) is 10.1 Å². The van der Waals surface area contributed by atoms with Crippen molar-refractivity contribution in [1.29, 1.82) is 0 Å². The van der Waals surface area contributed by atoms with E-state index >= 15 is 0 Å². The molecule has 6 nitrogen and oxygen atoms in total. The van der Waals surface area contributed by atoms with Crippen LogP contribution in [-0.2, 0) is 19.6 Å². The lowest BCUT2D eigenvalue weighted by Crippen LogP contribution is -2.27. The minimum absolute atomic E-state index is 0.197. The molecule has 1 aromatic rings. The molecule has 0 bridgehead atoms. The number of carbonyl (C=O) groups is 1. The van der Waals surface area contributed by atoms with Crippen molar-refractivity contribution >= 4 is 27.8 Å². The lowest BCUT2D eigenvalue weighted by Gasteiger charge is -2.15. The second-order valence-electron chi connectivity index (χ2n) is 4.96. The molecule has 22 heavy (non-hydrogen) atoms. The normalized spacial score (nSPS) is 17.4. The zero-order valence-corrected chi connectivity index (χ0v) is 14.3. The van der Waals surface area contributed by atoms with E-state index in [-0.39, 0.29) is 16.1 Å². The number of rotatable bonds is 6. The van der Waals surface area contributed by atoms with Crippen LogP contribution in [0.1, 0.15) is 26.7 Å². The lowest BCUT2D eigenvalue weighted by atomic mass is 10.4. The molecule has 0 unspecified atom stereocenters. The topological polar surface area (TPSA) is 76.6 Å². The molecule has 0 spiro atoms. The van der Waals surface area contributed by atoms with Gasteiger partial charge in [-0.05, 0) is 38.8 Å². The van der Waals surface area contributed by atoms with Gasteiger partial charge in [0.05, 0.1) is 11.6 Å². The van der Waals surface area contributed by atoms with Crippen molar-refractivity contribution in [3.63, 3.8) is 0 Å². The average Bonchev–Trinajstić information content (AvgIpc) is 3.03. The summed E-state index contributed by atoms with van der Waals surface area (Å²) in [5.74, 6) is -0.303. The monoisotopic (exact) mass is 344 g/mol. The number of pyridine rings is 1. The standard InChI is InChI=1S/C14H20N2O4S2/c1-3-20-14(17)11(2)21-13-7-6-12(10-15-13)22(18,19)16-8-4-5-9-16/h6-7,10-11H,3-5,8-9H2,1-2H3/t11-/m0/s1. The van der Waals surface area contributed by atoms with Crippen LogP contribution in [0.5, 0.6) is 0 Å². The maximum absolute atomic E-state index is 12.4. The van der Waals surface area contributed by atoms with E-state index in [1.54, 1.807) is 26.0 Å². The highest BCUT2D eigenvalue weighted by molar-refractivity contribution is 8.00. The van der Waals surface area contributed by atoms with Gasteiger partial charge in [0.2, 0.25) is 10.0 Å². The molecule has 0 amide bonds. The fourth-order valence-corrected chi connectivity index (χ4v) is 4.41. The molecule has 1 saturated heterocycles. The van der Waals surface area contributed by atoms with E-state index in [0.717, 1.165) is 12.8 Å². The van der Waals surface area contributed by atoms with Crippen LogP contribution in [0, 0.1) is 0 Å². The van der Waals surface area contributed by atoms with E-state index in [0.29, 0.717) is 24.7 Å². The molecule has 2 heterocycles. The van der Waals surface area contributed by atoms with E-state index in [1.807, 2.05) is 0 Å². The molecule has 0 radical (unpaired) electrons.